The zero-order valence-electron chi connectivity index (χ0n) is 14.8. The Balaban J connectivity index is 1.71. The van der Waals surface area contributed by atoms with Crippen LogP contribution in [0.3, 0.4) is 0 Å². The van der Waals surface area contributed by atoms with Crippen molar-refractivity contribution in [3.63, 3.8) is 0 Å². The molecule has 7 heteroatoms. The van der Waals surface area contributed by atoms with E-state index in [0.717, 1.165) is 29.4 Å². The van der Waals surface area contributed by atoms with Gasteiger partial charge in [-0.3, -0.25) is 0 Å². The summed E-state index contributed by atoms with van der Waals surface area (Å²) >= 11 is 0. The number of benzene rings is 1. The highest BCUT2D eigenvalue weighted by Gasteiger charge is 2.19. The maximum Gasteiger partial charge on any atom is 0.155 e. The van der Waals surface area contributed by atoms with Crippen molar-refractivity contribution in [2.24, 2.45) is 0 Å². The summed E-state index contributed by atoms with van der Waals surface area (Å²) in [4.78, 5) is 4.70. The Morgan fingerprint density at radius 3 is 2.72 bits per heavy atom. The van der Waals surface area contributed by atoms with Crippen LogP contribution in [0.15, 0.2) is 24.3 Å². The van der Waals surface area contributed by atoms with E-state index in [1.54, 1.807) is 14.2 Å². The topological polar surface area (TPSA) is 67.6 Å². The highest BCUT2D eigenvalue weighted by atomic mass is 16.6. The molecular weight excluding hydrogens is 322 g/mol. The molecule has 0 amide bonds. The predicted molar refractivity (Wildman–Crippen MR) is 92.0 cm³/mol. The zero-order valence-corrected chi connectivity index (χ0v) is 14.8. The van der Waals surface area contributed by atoms with Gasteiger partial charge in [0.25, 0.3) is 0 Å². The van der Waals surface area contributed by atoms with Crippen LogP contribution in [0.2, 0.25) is 0 Å². The number of hydrogen-bond acceptors (Lipinski definition) is 6. The molecule has 1 aliphatic heterocycles. The molecule has 7 nitrogen and oxygen atoms in total. The van der Waals surface area contributed by atoms with Gasteiger partial charge in [0.2, 0.25) is 0 Å². The monoisotopic (exact) mass is 347 g/mol. The molecule has 1 aliphatic rings. The van der Waals surface area contributed by atoms with Gasteiger partial charge in [-0.05, 0) is 17.7 Å². The van der Waals surface area contributed by atoms with Gasteiger partial charge in [0.05, 0.1) is 40.1 Å². The predicted octanol–water partition coefficient (Wildman–Crippen LogP) is 1.48. The average Bonchev–Trinajstić information content (AvgIpc) is 3.02. The summed E-state index contributed by atoms with van der Waals surface area (Å²) in [5.41, 5.74) is 1.15. The van der Waals surface area contributed by atoms with E-state index >= 15 is 0 Å². The van der Waals surface area contributed by atoms with Crippen molar-refractivity contribution >= 4 is 0 Å². The maximum atomic E-state index is 5.74. The number of rotatable bonds is 8. The molecule has 1 aromatic heterocycles. The molecule has 1 aromatic carbocycles. The van der Waals surface area contributed by atoms with Gasteiger partial charge in [0, 0.05) is 20.0 Å². The third-order valence-electron chi connectivity index (χ3n) is 4.10. The summed E-state index contributed by atoms with van der Waals surface area (Å²) in [5.74, 6) is 2.56. The lowest BCUT2D eigenvalue weighted by molar-refractivity contribution is -0.0949. The fourth-order valence-electron chi connectivity index (χ4n) is 2.79. The van der Waals surface area contributed by atoms with Gasteiger partial charge in [-0.15, -0.1) is 0 Å². The molecule has 0 bridgehead atoms. The Morgan fingerprint density at radius 1 is 1.20 bits per heavy atom. The SMILES string of the molecule is COCCc1nc(Cc2ccc(OC)cc2)nn1C[C@H]1COCCO1. The zero-order chi connectivity index (χ0) is 17.5. The average molecular weight is 347 g/mol. The Hall–Kier alpha value is -1.96. The van der Waals surface area contributed by atoms with Gasteiger partial charge >= 0.3 is 0 Å². The van der Waals surface area contributed by atoms with Crippen molar-refractivity contribution in [3.8, 4) is 5.75 Å². The minimum Gasteiger partial charge on any atom is -0.497 e. The van der Waals surface area contributed by atoms with Crippen LogP contribution < -0.4 is 4.74 Å². The van der Waals surface area contributed by atoms with Crippen molar-refractivity contribution in [2.75, 3.05) is 40.6 Å². The minimum atomic E-state index is 0.0191. The highest BCUT2D eigenvalue weighted by molar-refractivity contribution is 5.28. The number of aromatic nitrogens is 3. The van der Waals surface area contributed by atoms with Crippen molar-refractivity contribution in [1.29, 1.82) is 0 Å². The molecule has 0 N–H and O–H groups in total. The van der Waals surface area contributed by atoms with E-state index in [4.69, 9.17) is 23.9 Å². The van der Waals surface area contributed by atoms with Gasteiger partial charge in [-0.25, -0.2) is 9.67 Å². The molecule has 2 heterocycles. The van der Waals surface area contributed by atoms with Gasteiger partial charge in [-0.2, -0.15) is 5.10 Å². The first-order valence-electron chi connectivity index (χ1n) is 8.52. The van der Waals surface area contributed by atoms with Crippen LogP contribution in [-0.4, -0.2) is 61.5 Å². The van der Waals surface area contributed by atoms with E-state index in [2.05, 4.69) is 5.10 Å². The summed E-state index contributed by atoms with van der Waals surface area (Å²) in [6.07, 6.45) is 1.42. The quantitative estimate of drug-likeness (QED) is 0.721. The van der Waals surface area contributed by atoms with E-state index in [-0.39, 0.29) is 6.10 Å². The number of methoxy groups -OCH3 is 2. The summed E-state index contributed by atoms with van der Waals surface area (Å²) in [6.45, 7) is 3.15. The number of hydrogen-bond donors (Lipinski definition) is 0. The largest absolute Gasteiger partial charge is 0.497 e. The Kier molecular flexibility index (Phi) is 6.38. The maximum absolute atomic E-state index is 5.74. The second-order valence-corrected chi connectivity index (χ2v) is 5.96. The normalized spacial score (nSPS) is 17.6. The molecular formula is C18H25N3O4. The van der Waals surface area contributed by atoms with E-state index < -0.39 is 0 Å². The molecule has 1 atom stereocenters. The standard InChI is InChI=1S/C18H25N3O4/c1-22-8-7-18-19-17(11-14-3-5-15(23-2)6-4-14)20-21(18)12-16-13-24-9-10-25-16/h3-6,16H,7-13H2,1-2H3/t16-/m0/s1. The third kappa shape index (κ3) is 5.01. The van der Waals surface area contributed by atoms with Crippen LogP contribution in [0.5, 0.6) is 5.75 Å². The van der Waals surface area contributed by atoms with E-state index in [1.807, 2.05) is 28.9 Å². The molecule has 0 spiro atoms. The lowest BCUT2D eigenvalue weighted by Crippen LogP contribution is -2.33. The van der Waals surface area contributed by atoms with E-state index in [1.165, 1.54) is 0 Å². The highest BCUT2D eigenvalue weighted by Crippen LogP contribution is 2.14. The van der Waals surface area contributed by atoms with Crippen molar-refractivity contribution < 1.29 is 18.9 Å². The van der Waals surface area contributed by atoms with Crippen LogP contribution >= 0.6 is 0 Å². The molecule has 0 radical (unpaired) electrons. The molecule has 1 fully saturated rings. The molecule has 0 aliphatic carbocycles. The van der Waals surface area contributed by atoms with Crippen LogP contribution in [0.1, 0.15) is 17.2 Å². The fraction of sp³-hybridized carbons (Fsp3) is 0.556. The van der Waals surface area contributed by atoms with Crippen molar-refractivity contribution in [1.82, 2.24) is 14.8 Å². The molecule has 0 unspecified atom stereocenters. The van der Waals surface area contributed by atoms with E-state index in [0.29, 0.717) is 39.4 Å². The van der Waals surface area contributed by atoms with Crippen LogP contribution in [0.25, 0.3) is 0 Å². The Morgan fingerprint density at radius 2 is 2.04 bits per heavy atom. The second-order valence-electron chi connectivity index (χ2n) is 5.96. The second kappa shape index (κ2) is 8.94. The molecule has 0 saturated carbocycles. The van der Waals surface area contributed by atoms with Crippen molar-refractivity contribution in [2.45, 2.75) is 25.5 Å². The first-order valence-corrected chi connectivity index (χ1v) is 8.52. The first-order chi connectivity index (χ1) is 12.3. The van der Waals surface area contributed by atoms with Gasteiger partial charge in [0.1, 0.15) is 17.7 Å². The Bertz CT molecular complexity index is 651. The molecule has 3 rings (SSSR count). The van der Waals surface area contributed by atoms with Gasteiger partial charge < -0.3 is 18.9 Å². The van der Waals surface area contributed by atoms with Gasteiger partial charge in [0.15, 0.2) is 5.82 Å². The van der Waals surface area contributed by atoms with Crippen LogP contribution in [-0.2, 0) is 33.6 Å². The number of nitrogens with zero attached hydrogens (tertiary/aromatic N) is 3. The summed E-state index contributed by atoms with van der Waals surface area (Å²) in [5, 5.41) is 4.68. The minimum absolute atomic E-state index is 0.0191. The molecule has 136 valence electrons. The first kappa shape index (κ1) is 17.8. The molecule has 25 heavy (non-hydrogen) atoms. The van der Waals surface area contributed by atoms with Crippen molar-refractivity contribution in [3.05, 3.63) is 41.5 Å². The van der Waals surface area contributed by atoms with E-state index in [9.17, 15) is 0 Å². The third-order valence-corrected chi connectivity index (χ3v) is 4.10. The van der Waals surface area contributed by atoms with Crippen LogP contribution in [0, 0.1) is 0 Å². The molecule has 1 saturated heterocycles. The summed E-state index contributed by atoms with van der Waals surface area (Å²) < 4.78 is 23.5. The smallest absolute Gasteiger partial charge is 0.155 e. The Labute approximate surface area is 147 Å². The van der Waals surface area contributed by atoms with Gasteiger partial charge in [-0.1, -0.05) is 12.1 Å². The lowest BCUT2D eigenvalue weighted by Gasteiger charge is -2.23. The summed E-state index contributed by atoms with van der Waals surface area (Å²) in [6, 6.07) is 7.97. The van der Waals surface area contributed by atoms with Crippen LogP contribution in [0.4, 0.5) is 0 Å². The lowest BCUT2D eigenvalue weighted by atomic mass is 10.1. The summed E-state index contributed by atoms with van der Waals surface area (Å²) in [7, 11) is 3.36. The fourth-order valence-corrected chi connectivity index (χ4v) is 2.79. The number of ether oxygens (including phenoxy) is 4. The molecule has 2 aromatic rings.